The Morgan fingerprint density at radius 1 is 1.36 bits per heavy atom. The highest BCUT2D eigenvalue weighted by Gasteiger charge is 2.16. The molecule has 0 aliphatic rings. The van der Waals surface area contributed by atoms with E-state index in [2.05, 4.69) is 17.4 Å². The standard InChI is InChI=1S/C6H15NO3P/c1-2-3-4-5-6-9-11(8)10-7/h2-7H2,1H3/q+1. The van der Waals surface area contributed by atoms with E-state index in [1.54, 1.807) is 0 Å². The maximum Gasteiger partial charge on any atom is 0.716 e. The van der Waals surface area contributed by atoms with E-state index >= 15 is 0 Å². The van der Waals surface area contributed by atoms with Gasteiger partial charge in [0.1, 0.15) is 6.61 Å². The Morgan fingerprint density at radius 3 is 2.64 bits per heavy atom. The van der Waals surface area contributed by atoms with Crippen LogP contribution in [0.5, 0.6) is 0 Å². The van der Waals surface area contributed by atoms with Gasteiger partial charge in [0, 0.05) is 4.57 Å². The molecule has 0 saturated carbocycles. The van der Waals surface area contributed by atoms with Crippen LogP contribution in [0.4, 0.5) is 0 Å². The summed E-state index contributed by atoms with van der Waals surface area (Å²) in [6.07, 6.45) is 4.38. The maximum absolute atomic E-state index is 10.4. The molecule has 0 heterocycles. The molecule has 1 unspecified atom stereocenters. The predicted octanol–water partition coefficient (Wildman–Crippen LogP) is 2.13. The van der Waals surface area contributed by atoms with Crippen LogP contribution in [0.15, 0.2) is 0 Å². The summed E-state index contributed by atoms with van der Waals surface area (Å²) in [7, 11) is -2.07. The van der Waals surface area contributed by atoms with Crippen molar-refractivity contribution in [1.29, 1.82) is 0 Å². The van der Waals surface area contributed by atoms with Gasteiger partial charge in [0.05, 0.1) is 0 Å². The molecule has 1 atom stereocenters. The molecule has 0 radical (unpaired) electrons. The molecule has 0 rings (SSSR count). The van der Waals surface area contributed by atoms with Crippen LogP contribution in [0, 0.1) is 0 Å². The van der Waals surface area contributed by atoms with Gasteiger partial charge in [-0.15, -0.1) is 4.52 Å². The van der Waals surface area contributed by atoms with Crippen LogP contribution in [0.1, 0.15) is 32.6 Å². The minimum absolute atomic E-state index is 0.465. The Labute approximate surface area is 68.0 Å². The lowest BCUT2D eigenvalue weighted by molar-refractivity contribution is 0.226. The fraction of sp³-hybridized carbons (Fsp3) is 1.00. The maximum atomic E-state index is 10.4. The lowest BCUT2D eigenvalue weighted by atomic mass is 10.2. The number of unbranched alkanes of at least 4 members (excludes halogenated alkanes) is 3. The average molecular weight is 180 g/mol. The van der Waals surface area contributed by atoms with E-state index in [1.165, 1.54) is 12.8 Å². The van der Waals surface area contributed by atoms with Crippen LogP contribution >= 0.6 is 8.25 Å². The molecule has 5 heteroatoms. The van der Waals surface area contributed by atoms with Gasteiger partial charge >= 0.3 is 8.25 Å². The summed E-state index contributed by atoms with van der Waals surface area (Å²) in [5, 5.41) is 0. The molecule has 0 aromatic carbocycles. The van der Waals surface area contributed by atoms with Crippen molar-refractivity contribution in [3.05, 3.63) is 0 Å². The molecule has 66 valence electrons. The van der Waals surface area contributed by atoms with Crippen molar-refractivity contribution in [2.45, 2.75) is 32.6 Å². The van der Waals surface area contributed by atoms with E-state index in [0.717, 1.165) is 12.8 Å². The SMILES string of the molecule is CCCCCCO[P+](=O)ON. The summed E-state index contributed by atoms with van der Waals surface area (Å²) < 4.78 is 19.1. The summed E-state index contributed by atoms with van der Waals surface area (Å²) >= 11 is 0. The summed E-state index contributed by atoms with van der Waals surface area (Å²) in [5.41, 5.74) is 0. The molecular weight excluding hydrogens is 165 g/mol. The topological polar surface area (TPSA) is 61.5 Å². The summed E-state index contributed by atoms with van der Waals surface area (Å²) in [4.78, 5) is 0. The van der Waals surface area contributed by atoms with Gasteiger partial charge in [-0.1, -0.05) is 26.2 Å². The van der Waals surface area contributed by atoms with Gasteiger partial charge in [0.2, 0.25) is 0 Å². The zero-order valence-electron chi connectivity index (χ0n) is 6.78. The molecular formula is C6H15NO3P+. The van der Waals surface area contributed by atoms with Crippen LogP contribution in [-0.2, 0) is 13.7 Å². The van der Waals surface area contributed by atoms with Crippen molar-refractivity contribution in [3.63, 3.8) is 0 Å². The molecule has 0 saturated heterocycles. The van der Waals surface area contributed by atoms with Crippen LogP contribution in [0.2, 0.25) is 0 Å². The van der Waals surface area contributed by atoms with Crippen molar-refractivity contribution in [3.8, 4) is 0 Å². The van der Waals surface area contributed by atoms with Gasteiger partial charge < -0.3 is 0 Å². The van der Waals surface area contributed by atoms with Crippen LogP contribution in [0.3, 0.4) is 0 Å². The molecule has 0 aromatic rings. The molecule has 0 aromatic heterocycles. The fourth-order valence-corrected chi connectivity index (χ4v) is 1.04. The molecule has 4 nitrogen and oxygen atoms in total. The number of hydrogen-bond acceptors (Lipinski definition) is 4. The minimum Gasteiger partial charge on any atom is -0.162 e. The second-order valence-corrected chi connectivity index (χ2v) is 3.14. The molecule has 11 heavy (non-hydrogen) atoms. The third-order valence-electron chi connectivity index (χ3n) is 1.28. The largest absolute Gasteiger partial charge is 0.716 e. The number of rotatable bonds is 7. The van der Waals surface area contributed by atoms with E-state index in [1.807, 2.05) is 0 Å². The Morgan fingerprint density at radius 2 is 2.09 bits per heavy atom. The quantitative estimate of drug-likeness (QED) is 0.370. The first-order valence-corrected chi connectivity index (χ1v) is 4.87. The van der Waals surface area contributed by atoms with Crippen LogP contribution in [0.25, 0.3) is 0 Å². The lowest BCUT2D eigenvalue weighted by Gasteiger charge is -1.92. The van der Waals surface area contributed by atoms with Crippen molar-refractivity contribution in [2.75, 3.05) is 6.61 Å². The van der Waals surface area contributed by atoms with Gasteiger partial charge in [-0.3, -0.25) is 0 Å². The first-order valence-electron chi connectivity index (χ1n) is 3.78. The van der Waals surface area contributed by atoms with Crippen molar-refractivity contribution in [2.24, 2.45) is 5.90 Å². The molecule has 0 aliphatic heterocycles. The summed E-state index contributed by atoms with van der Waals surface area (Å²) in [5.74, 6) is 4.60. The smallest absolute Gasteiger partial charge is 0.162 e. The molecule has 0 aliphatic carbocycles. The number of hydrogen-bond donors (Lipinski definition) is 1. The van der Waals surface area contributed by atoms with Gasteiger partial charge in [-0.2, -0.15) is 5.90 Å². The molecule has 0 bridgehead atoms. The molecule has 0 fully saturated rings. The fourth-order valence-electron chi connectivity index (χ4n) is 0.698. The highest BCUT2D eigenvalue weighted by molar-refractivity contribution is 7.33. The number of nitrogens with two attached hydrogens (primary N) is 1. The Kier molecular flexibility index (Phi) is 8.07. The molecule has 2 N–H and O–H groups in total. The first kappa shape index (κ1) is 11.0. The highest BCUT2D eigenvalue weighted by atomic mass is 31.1. The van der Waals surface area contributed by atoms with E-state index in [9.17, 15) is 4.57 Å². The van der Waals surface area contributed by atoms with Crippen LogP contribution in [-0.4, -0.2) is 6.61 Å². The molecule has 0 amide bonds. The third-order valence-corrected chi connectivity index (χ3v) is 1.85. The normalized spacial score (nSPS) is 11.6. The summed E-state index contributed by atoms with van der Waals surface area (Å²) in [6, 6.07) is 0. The van der Waals surface area contributed by atoms with Crippen molar-refractivity contribution >= 4 is 8.25 Å². The van der Waals surface area contributed by atoms with Crippen LogP contribution < -0.4 is 5.90 Å². The van der Waals surface area contributed by atoms with Gasteiger partial charge in [-0.25, -0.2) is 0 Å². The Balaban J connectivity index is 2.95. The van der Waals surface area contributed by atoms with Gasteiger partial charge in [0.15, 0.2) is 0 Å². The third kappa shape index (κ3) is 7.88. The highest BCUT2D eigenvalue weighted by Crippen LogP contribution is 2.20. The zero-order chi connectivity index (χ0) is 8.53. The Hall–Kier alpha value is -0.0200. The lowest BCUT2D eigenvalue weighted by Crippen LogP contribution is -1.93. The van der Waals surface area contributed by atoms with Crippen molar-refractivity contribution in [1.82, 2.24) is 0 Å². The second kappa shape index (κ2) is 8.08. The van der Waals surface area contributed by atoms with E-state index in [0.29, 0.717) is 6.61 Å². The van der Waals surface area contributed by atoms with E-state index in [4.69, 9.17) is 4.52 Å². The summed E-state index contributed by atoms with van der Waals surface area (Å²) in [6.45, 7) is 2.59. The molecule has 0 spiro atoms. The average Bonchev–Trinajstić information content (AvgIpc) is 2.04. The van der Waals surface area contributed by atoms with E-state index < -0.39 is 8.25 Å². The second-order valence-electron chi connectivity index (χ2n) is 2.22. The Bertz CT molecular complexity index is 110. The van der Waals surface area contributed by atoms with Gasteiger partial charge in [-0.05, 0) is 11.0 Å². The zero-order valence-corrected chi connectivity index (χ0v) is 7.68. The van der Waals surface area contributed by atoms with E-state index in [-0.39, 0.29) is 0 Å². The monoisotopic (exact) mass is 180 g/mol. The minimum atomic E-state index is -2.07. The van der Waals surface area contributed by atoms with Gasteiger partial charge in [0.25, 0.3) is 0 Å². The van der Waals surface area contributed by atoms with Crippen molar-refractivity contribution < 1.29 is 13.7 Å². The first-order chi connectivity index (χ1) is 5.31. The predicted molar refractivity (Wildman–Crippen MR) is 43.0 cm³/mol.